The Morgan fingerprint density at radius 2 is 2.06 bits per heavy atom. The summed E-state index contributed by atoms with van der Waals surface area (Å²) in [4.78, 5) is 4.65. The minimum Gasteiger partial charge on any atom is -0.393 e. The molecule has 1 saturated carbocycles. The van der Waals surface area contributed by atoms with Crippen molar-refractivity contribution in [2.45, 2.75) is 38.2 Å². The highest BCUT2D eigenvalue weighted by molar-refractivity contribution is 7.18. The van der Waals surface area contributed by atoms with Crippen molar-refractivity contribution in [1.82, 2.24) is 4.98 Å². The van der Waals surface area contributed by atoms with Crippen LogP contribution in [0.2, 0.25) is 0 Å². The Kier molecular flexibility index (Phi) is 3.12. The van der Waals surface area contributed by atoms with Crippen LogP contribution < -0.4 is 0 Å². The number of benzene rings is 1. The Hall–Kier alpha value is -0.930. The van der Waals surface area contributed by atoms with Crippen LogP contribution in [0.5, 0.6) is 0 Å². The van der Waals surface area contributed by atoms with Crippen LogP contribution in [0.4, 0.5) is 0 Å². The number of aliphatic hydroxyl groups is 1. The van der Waals surface area contributed by atoms with E-state index < -0.39 is 0 Å². The second kappa shape index (κ2) is 4.75. The first kappa shape index (κ1) is 11.2. The fraction of sp³-hybridized carbons (Fsp3) is 0.500. The van der Waals surface area contributed by atoms with E-state index in [9.17, 15) is 5.11 Å². The molecule has 1 N–H and O–H groups in total. The topological polar surface area (TPSA) is 33.1 Å². The Balaban J connectivity index is 1.79. The van der Waals surface area contributed by atoms with Crippen LogP contribution in [0.25, 0.3) is 10.2 Å². The summed E-state index contributed by atoms with van der Waals surface area (Å²) in [5.74, 6) is 0.421. The minimum absolute atomic E-state index is 0.115. The van der Waals surface area contributed by atoms with Crippen LogP contribution >= 0.6 is 11.3 Å². The second-order valence-electron chi connectivity index (χ2n) is 4.89. The van der Waals surface area contributed by atoms with Gasteiger partial charge in [0.05, 0.1) is 21.3 Å². The van der Waals surface area contributed by atoms with Gasteiger partial charge in [0.2, 0.25) is 0 Å². The fourth-order valence-electron chi connectivity index (χ4n) is 2.66. The van der Waals surface area contributed by atoms with Crippen molar-refractivity contribution >= 4 is 21.6 Å². The molecule has 0 bridgehead atoms. The van der Waals surface area contributed by atoms with E-state index in [0.29, 0.717) is 5.92 Å². The third kappa shape index (κ3) is 2.35. The molecule has 1 aromatic carbocycles. The van der Waals surface area contributed by atoms with Crippen LogP contribution in [-0.2, 0) is 6.42 Å². The van der Waals surface area contributed by atoms with Crippen molar-refractivity contribution in [2.24, 2.45) is 5.92 Å². The van der Waals surface area contributed by atoms with Crippen LogP contribution in [0.1, 0.15) is 30.7 Å². The molecule has 0 aliphatic heterocycles. The summed E-state index contributed by atoms with van der Waals surface area (Å²) < 4.78 is 1.26. The van der Waals surface area contributed by atoms with E-state index in [0.717, 1.165) is 24.8 Å². The third-order valence-electron chi connectivity index (χ3n) is 3.64. The molecule has 90 valence electrons. The monoisotopic (exact) mass is 247 g/mol. The molecule has 0 radical (unpaired) electrons. The number of fused-ring (bicyclic) bond motifs is 1. The van der Waals surface area contributed by atoms with Gasteiger partial charge >= 0.3 is 0 Å². The lowest BCUT2D eigenvalue weighted by Gasteiger charge is -2.26. The van der Waals surface area contributed by atoms with Crippen LogP contribution in [0, 0.1) is 5.92 Å². The van der Waals surface area contributed by atoms with E-state index in [2.05, 4.69) is 23.2 Å². The van der Waals surface area contributed by atoms with Gasteiger partial charge in [-0.15, -0.1) is 11.3 Å². The van der Waals surface area contributed by atoms with Gasteiger partial charge in [0.15, 0.2) is 0 Å². The molecule has 1 aliphatic carbocycles. The normalized spacial score (nSPS) is 25.2. The number of para-hydroxylation sites is 1. The smallest absolute Gasteiger partial charge is 0.0942 e. The van der Waals surface area contributed by atoms with E-state index in [1.54, 1.807) is 11.3 Å². The van der Waals surface area contributed by atoms with Crippen molar-refractivity contribution < 1.29 is 5.11 Å². The van der Waals surface area contributed by atoms with Crippen molar-refractivity contribution in [1.29, 1.82) is 0 Å². The maximum Gasteiger partial charge on any atom is 0.0942 e. The van der Waals surface area contributed by atoms with Gasteiger partial charge in [-0.1, -0.05) is 25.0 Å². The van der Waals surface area contributed by atoms with Crippen LogP contribution in [-0.4, -0.2) is 16.2 Å². The summed E-state index contributed by atoms with van der Waals surface area (Å²) in [6.45, 7) is 0. The zero-order valence-corrected chi connectivity index (χ0v) is 10.6. The number of hydrogen-bond acceptors (Lipinski definition) is 3. The standard InChI is InChI=1S/C14H17NOS/c16-12-7-3-1-5-10(12)9-14-15-11-6-2-4-8-13(11)17-14/h2,4,6,8,10,12,16H,1,3,5,7,9H2. The lowest BCUT2D eigenvalue weighted by atomic mass is 9.84. The van der Waals surface area contributed by atoms with Gasteiger partial charge < -0.3 is 5.11 Å². The van der Waals surface area contributed by atoms with E-state index in [1.165, 1.54) is 22.5 Å². The molecule has 2 unspecified atom stereocenters. The zero-order valence-electron chi connectivity index (χ0n) is 9.80. The summed E-state index contributed by atoms with van der Waals surface area (Å²) in [7, 11) is 0. The zero-order chi connectivity index (χ0) is 11.7. The maximum absolute atomic E-state index is 9.98. The third-order valence-corrected chi connectivity index (χ3v) is 4.70. The molecule has 17 heavy (non-hydrogen) atoms. The van der Waals surface area contributed by atoms with Crippen molar-refractivity contribution in [3.05, 3.63) is 29.3 Å². The lowest BCUT2D eigenvalue weighted by Crippen LogP contribution is -2.26. The van der Waals surface area contributed by atoms with E-state index in [4.69, 9.17) is 0 Å². The Morgan fingerprint density at radius 3 is 2.88 bits per heavy atom. The Morgan fingerprint density at radius 1 is 1.24 bits per heavy atom. The number of aromatic nitrogens is 1. The minimum atomic E-state index is -0.115. The average Bonchev–Trinajstić information content (AvgIpc) is 2.74. The molecule has 3 heteroatoms. The van der Waals surface area contributed by atoms with Crippen LogP contribution in [0.3, 0.4) is 0 Å². The maximum atomic E-state index is 9.98. The van der Waals surface area contributed by atoms with Gasteiger partial charge in [-0.25, -0.2) is 4.98 Å². The first-order valence-corrected chi connectivity index (χ1v) is 7.17. The van der Waals surface area contributed by atoms with Crippen molar-refractivity contribution in [3.8, 4) is 0 Å². The summed E-state index contributed by atoms with van der Waals surface area (Å²) in [5.41, 5.74) is 1.10. The molecule has 1 aromatic heterocycles. The van der Waals surface area contributed by atoms with Gasteiger partial charge in [0.25, 0.3) is 0 Å². The highest BCUT2D eigenvalue weighted by atomic mass is 32.1. The molecule has 1 fully saturated rings. The van der Waals surface area contributed by atoms with E-state index in [-0.39, 0.29) is 6.10 Å². The van der Waals surface area contributed by atoms with E-state index >= 15 is 0 Å². The van der Waals surface area contributed by atoms with Gasteiger partial charge in [0, 0.05) is 6.42 Å². The average molecular weight is 247 g/mol. The molecule has 1 aliphatic rings. The number of thiazole rings is 1. The summed E-state index contributed by atoms with van der Waals surface area (Å²) in [6, 6.07) is 8.27. The van der Waals surface area contributed by atoms with Gasteiger partial charge in [-0.3, -0.25) is 0 Å². The van der Waals surface area contributed by atoms with Gasteiger partial charge in [-0.2, -0.15) is 0 Å². The summed E-state index contributed by atoms with van der Waals surface area (Å²) in [6.07, 6.45) is 5.38. The largest absolute Gasteiger partial charge is 0.393 e. The molecule has 2 atom stereocenters. The molecule has 1 heterocycles. The van der Waals surface area contributed by atoms with E-state index in [1.807, 2.05) is 6.07 Å². The predicted octanol–water partition coefficient (Wildman–Crippen LogP) is 3.39. The molecule has 0 saturated heterocycles. The number of nitrogens with zero attached hydrogens (tertiary/aromatic N) is 1. The molecule has 2 aromatic rings. The van der Waals surface area contributed by atoms with Gasteiger partial charge in [-0.05, 0) is 30.9 Å². The number of aliphatic hydroxyl groups excluding tert-OH is 1. The Bertz CT molecular complexity index is 475. The molecule has 0 spiro atoms. The number of hydrogen-bond donors (Lipinski definition) is 1. The van der Waals surface area contributed by atoms with Gasteiger partial charge in [0.1, 0.15) is 0 Å². The first-order valence-electron chi connectivity index (χ1n) is 6.35. The van der Waals surface area contributed by atoms with Crippen molar-refractivity contribution in [2.75, 3.05) is 0 Å². The highest BCUT2D eigenvalue weighted by Crippen LogP contribution is 2.30. The SMILES string of the molecule is OC1CCCCC1Cc1nc2ccccc2s1. The highest BCUT2D eigenvalue weighted by Gasteiger charge is 2.24. The summed E-state index contributed by atoms with van der Waals surface area (Å²) >= 11 is 1.77. The quantitative estimate of drug-likeness (QED) is 0.882. The predicted molar refractivity (Wildman–Crippen MR) is 71.3 cm³/mol. The molecule has 0 amide bonds. The van der Waals surface area contributed by atoms with Crippen molar-refractivity contribution in [3.63, 3.8) is 0 Å². The number of rotatable bonds is 2. The molecule has 2 nitrogen and oxygen atoms in total. The summed E-state index contributed by atoms with van der Waals surface area (Å²) in [5, 5.41) is 11.2. The lowest BCUT2D eigenvalue weighted by molar-refractivity contribution is 0.0700. The second-order valence-corrected chi connectivity index (χ2v) is 6.01. The molecular formula is C14H17NOS. The van der Waals surface area contributed by atoms with Crippen LogP contribution in [0.15, 0.2) is 24.3 Å². The fourth-order valence-corrected chi connectivity index (χ4v) is 3.72. The first-order chi connectivity index (χ1) is 8.33. The molecule has 3 rings (SSSR count). The Labute approximate surface area is 105 Å². The molecular weight excluding hydrogens is 230 g/mol.